The van der Waals surface area contributed by atoms with Crippen molar-refractivity contribution in [2.24, 2.45) is 0 Å². The topological polar surface area (TPSA) is 46.2 Å². The van der Waals surface area contributed by atoms with Gasteiger partial charge < -0.3 is 5.32 Å². The van der Waals surface area contributed by atoms with Crippen molar-refractivity contribution in [3.8, 4) is 0 Å². The van der Waals surface area contributed by atoms with E-state index in [1.54, 1.807) is 18.3 Å². The molecular weight excluding hydrogens is 310 g/mol. The molecule has 0 radical (unpaired) electrons. The molecule has 0 bridgehead atoms. The van der Waals surface area contributed by atoms with Crippen LogP contribution in [0.4, 0.5) is 0 Å². The van der Waals surface area contributed by atoms with E-state index < -0.39 is 9.84 Å². The summed E-state index contributed by atoms with van der Waals surface area (Å²) < 4.78 is 23.5. The van der Waals surface area contributed by atoms with Gasteiger partial charge in [-0.05, 0) is 41.0 Å². The smallest absolute Gasteiger partial charge is 0.150 e. The Morgan fingerprint density at radius 2 is 2.19 bits per heavy atom. The summed E-state index contributed by atoms with van der Waals surface area (Å²) in [6.45, 7) is 3.24. The molecule has 6 heteroatoms. The zero-order valence-electron chi connectivity index (χ0n) is 9.20. The number of thiophene rings is 1. The van der Waals surface area contributed by atoms with Gasteiger partial charge in [-0.3, -0.25) is 0 Å². The Balaban J connectivity index is 2.13. The highest BCUT2D eigenvalue weighted by Gasteiger charge is 2.05. The Bertz CT molecular complexity index is 414. The molecule has 92 valence electrons. The van der Waals surface area contributed by atoms with Crippen LogP contribution in [0.25, 0.3) is 0 Å². The van der Waals surface area contributed by atoms with Crippen molar-refractivity contribution < 1.29 is 8.42 Å². The fourth-order valence-corrected chi connectivity index (χ4v) is 3.55. The number of halogens is 1. The van der Waals surface area contributed by atoms with Gasteiger partial charge in [-0.2, -0.15) is 0 Å². The van der Waals surface area contributed by atoms with Crippen LogP contribution in [0.3, 0.4) is 0 Å². The second-order valence-corrected chi connectivity index (χ2v) is 8.49. The van der Waals surface area contributed by atoms with Crippen LogP contribution in [-0.4, -0.2) is 26.5 Å². The summed E-state index contributed by atoms with van der Waals surface area (Å²) in [6.07, 6.45) is 0.683. The summed E-state index contributed by atoms with van der Waals surface area (Å²) in [7, 11) is -2.81. The lowest BCUT2D eigenvalue weighted by Gasteiger charge is -2.03. The second-order valence-electron chi connectivity index (χ2n) is 3.47. The fourth-order valence-electron chi connectivity index (χ4n) is 1.22. The normalized spacial score (nSPS) is 11.9. The van der Waals surface area contributed by atoms with E-state index >= 15 is 0 Å². The molecule has 1 N–H and O–H groups in total. The Hall–Kier alpha value is 0.0900. The highest BCUT2D eigenvalue weighted by molar-refractivity contribution is 9.11. The van der Waals surface area contributed by atoms with Gasteiger partial charge >= 0.3 is 0 Å². The SMILES string of the molecule is CCS(=O)(=O)CCCNCc1ccc(Br)s1. The third kappa shape index (κ3) is 5.43. The molecule has 0 unspecified atom stereocenters. The molecule has 0 saturated heterocycles. The first-order chi connectivity index (χ1) is 7.53. The second kappa shape index (κ2) is 6.74. The van der Waals surface area contributed by atoms with Crippen LogP contribution in [0, 0.1) is 0 Å². The lowest BCUT2D eigenvalue weighted by atomic mass is 10.4. The number of hydrogen-bond acceptors (Lipinski definition) is 4. The summed E-state index contributed by atoms with van der Waals surface area (Å²) in [4.78, 5) is 1.25. The molecule has 0 aliphatic rings. The van der Waals surface area contributed by atoms with E-state index in [2.05, 4.69) is 27.3 Å². The molecule has 0 aromatic carbocycles. The Labute approximate surface area is 109 Å². The van der Waals surface area contributed by atoms with Gasteiger partial charge in [0.1, 0.15) is 9.84 Å². The van der Waals surface area contributed by atoms with Crippen LogP contribution in [0.5, 0.6) is 0 Å². The molecule has 0 atom stereocenters. The number of hydrogen-bond donors (Lipinski definition) is 1. The van der Waals surface area contributed by atoms with Gasteiger partial charge in [-0.15, -0.1) is 11.3 Å². The van der Waals surface area contributed by atoms with Crippen molar-refractivity contribution in [1.82, 2.24) is 5.32 Å². The van der Waals surface area contributed by atoms with Crippen molar-refractivity contribution in [1.29, 1.82) is 0 Å². The van der Waals surface area contributed by atoms with Crippen molar-refractivity contribution in [3.63, 3.8) is 0 Å². The molecule has 1 heterocycles. The van der Waals surface area contributed by atoms with Crippen LogP contribution in [-0.2, 0) is 16.4 Å². The maximum absolute atomic E-state index is 11.2. The number of nitrogens with one attached hydrogen (secondary N) is 1. The average Bonchev–Trinajstić information content (AvgIpc) is 2.64. The third-order valence-corrected chi connectivity index (χ3v) is 5.59. The molecule has 1 aromatic heterocycles. The maximum Gasteiger partial charge on any atom is 0.150 e. The van der Waals surface area contributed by atoms with Gasteiger partial charge in [0.25, 0.3) is 0 Å². The summed E-state index contributed by atoms with van der Waals surface area (Å²) in [5, 5.41) is 3.24. The lowest BCUT2D eigenvalue weighted by molar-refractivity contribution is 0.590. The van der Waals surface area contributed by atoms with E-state index in [1.807, 2.05) is 6.07 Å². The standard InChI is InChI=1S/C10H16BrNO2S2/c1-2-16(13,14)7-3-6-12-8-9-4-5-10(11)15-9/h4-5,12H,2-3,6-8H2,1H3. The molecule has 0 spiro atoms. The Morgan fingerprint density at radius 3 is 2.75 bits per heavy atom. The van der Waals surface area contributed by atoms with Gasteiger partial charge in [0.05, 0.1) is 9.54 Å². The average molecular weight is 326 g/mol. The molecule has 0 aliphatic carbocycles. The van der Waals surface area contributed by atoms with Gasteiger partial charge in [0, 0.05) is 17.2 Å². The predicted octanol–water partition coefficient (Wildman–Crippen LogP) is 2.42. The third-order valence-electron chi connectivity index (χ3n) is 2.18. The molecule has 0 fully saturated rings. The van der Waals surface area contributed by atoms with Crippen molar-refractivity contribution in [2.45, 2.75) is 19.9 Å². The monoisotopic (exact) mass is 325 g/mol. The van der Waals surface area contributed by atoms with E-state index in [-0.39, 0.29) is 11.5 Å². The Kier molecular flexibility index (Phi) is 5.96. The first-order valence-electron chi connectivity index (χ1n) is 5.19. The van der Waals surface area contributed by atoms with Crippen LogP contribution in [0.1, 0.15) is 18.2 Å². The van der Waals surface area contributed by atoms with Gasteiger partial charge in [-0.25, -0.2) is 8.42 Å². The summed E-state index contributed by atoms with van der Waals surface area (Å²) in [5.74, 6) is 0.523. The molecule has 0 aliphatic heterocycles. The first kappa shape index (κ1) is 14.2. The maximum atomic E-state index is 11.2. The lowest BCUT2D eigenvalue weighted by Crippen LogP contribution is -2.18. The molecule has 1 rings (SSSR count). The Morgan fingerprint density at radius 1 is 1.44 bits per heavy atom. The van der Waals surface area contributed by atoms with E-state index in [1.165, 1.54) is 4.88 Å². The molecule has 0 saturated carbocycles. The van der Waals surface area contributed by atoms with Gasteiger partial charge in [0.15, 0.2) is 0 Å². The van der Waals surface area contributed by atoms with E-state index in [0.717, 1.165) is 16.9 Å². The van der Waals surface area contributed by atoms with Crippen LogP contribution < -0.4 is 5.32 Å². The van der Waals surface area contributed by atoms with E-state index in [9.17, 15) is 8.42 Å². The van der Waals surface area contributed by atoms with Crippen molar-refractivity contribution >= 4 is 37.1 Å². The highest BCUT2D eigenvalue weighted by Crippen LogP contribution is 2.21. The summed E-state index contributed by atoms with van der Waals surface area (Å²) in [6, 6.07) is 4.08. The minimum absolute atomic E-state index is 0.241. The quantitative estimate of drug-likeness (QED) is 0.783. The van der Waals surface area contributed by atoms with Crippen LogP contribution in [0.15, 0.2) is 15.9 Å². The van der Waals surface area contributed by atoms with Crippen LogP contribution in [0.2, 0.25) is 0 Å². The number of rotatable bonds is 7. The molecule has 16 heavy (non-hydrogen) atoms. The predicted molar refractivity (Wildman–Crippen MR) is 72.7 cm³/mol. The molecular formula is C10H16BrNO2S2. The largest absolute Gasteiger partial charge is 0.312 e. The van der Waals surface area contributed by atoms with Crippen molar-refractivity contribution in [3.05, 3.63) is 20.8 Å². The van der Waals surface area contributed by atoms with E-state index in [0.29, 0.717) is 6.42 Å². The summed E-state index contributed by atoms with van der Waals surface area (Å²) >= 11 is 5.09. The first-order valence-corrected chi connectivity index (χ1v) is 8.62. The fraction of sp³-hybridized carbons (Fsp3) is 0.600. The zero-order valence-corrected chi connectivity index (χ0v) is 12.4. The van der Waals surface area contributed by atoms with Crippen molar-refractivity contribution in [2.75, 3.05) is 18.1 Å². The number of sulfone groups is 1. The highest BCUT2D eigenvalue weighted by atomic mass is 79.9. The van der Waals surface area contributed by atoms with Gasteiger partial charge in [-0.1, -0.05) is 6.92 Å². The zero-order chi connectivity index (χ0) is 12.0. The molecule has 0 amide bonds. The van der Waals surface area contributed by atoms with Gasteiger partial charge in [0.2, 0.25) is 0 Å². The minimum atomic E-state index is -2.81. The molecule has 1 aromatic rings. The minimum Gasteiger partial charge on any atom is -0.312 e. The molecule has 3 nitrogen and oxygen atoms in total. The summed E-state index contributed by atoms with van der Waals surface area (Å²) in [5.41, 5.74) is 0. The van der Waals surface area contributed by atoms with Crippen LogP contribution >= 0.6 is 27.3 Å². The van der Waals surface area contributed by atoms with E-state index in [4.69, 9.17) is 0 Å².